The van der Waals surface area contributed by atoms with Crippen molar-refractivity contribution in [3.05, 3.63) is 41.7 Å². The highest BCUT2D eigenvalue weighted by atomic mass is 16.1. The third-order valence-electron chi connectivity index (χ3n) is 2.76. The first kappa shape index (κ1) is 13.3. The average Bonchev–Trinajstić information content (AvgIpc) is 2.69. The molecule has 1 aromatic carbocycles. The van der Waals surface area contributed by atoms with Gasteiger partial charge in [-0.25, -0.2) is 4.68 Å². The highest BCUT2D eigenvalue weighted by molar-refractivity contribution is 5.91. The van der Waals surface area contributed by atoms with Gasteiger partial charge in [0.05, 0.1) is 11.4 Å². The van der Waals surface area contributed by atoms with Crippen molar-refractivity contribution in [3.63, 3.8) is 0 Å². The summed E-state index contributed by atoms with van der Waals surface area (Å²) in [6.45, 7) is 4.30. The number of rotatable bonds is 4. The van der Waals surface area contributed by atoms with Gasteiger partial charge in [0, 0.05) is 24.3 Å². The summed E-state index contributed by atoms with van der Waals surface area (Å²) < 4.78 is 1.86. The van der Waals surface area contributed by atoms with Crippen molar-refractivity contribution < 1.29 is 4.79 Å². The first-order chi connectivity index (χ1) is 9.10. The maximum atomic E-state index is 11.5. The van der Waals surface area contributed by atoms with Gasteiger partial charge in [0.1, 0.15) is 0 Å². The number of carbonyl (C=O) groups is 1. The Hall–Kier alpha value is -2.14. The molecule has 0 spiro atoms. The summed E-state index contributed by atoms with van der Waals surface area (Å²) in [6.07, 6.45) is 0.324. The highest BCUT2D eigenvalue weighted by Gasteiger charge is 2.06. The lowest BCUT2D eigenvalue weighted by Crippen LogP contribution is -2.16. The molecule has 19 heavy (non-hydrogen) atoms. The topological polar surface area (TPSA) is 72.9 Å². The number of hydrogen-bond acceptors (Lipinski definition) is 3. The van der Waals surface area contributed by atoms with Crippen LogP contribution in [-0.4, -0.2) is 22.2 Å². The second-order valence-corrected chi connectivity index (χ2v) is 4.48. The number of amides is 1. The van der Waals surface area contributed by atoms with Crippen molar-refractivity contribution in [1.29, 1.82) is 0 Å². The Balaban J connectivity index is 2.24. The largest absolute Gasteiger partial charge is 0.330 e. The van der Waals surface area contributed by atoms with E-state index in [0.29, 0.717) is 13.0 Å². The molecule has 0 bridgehead atoms. The molecule has 0 saturated heterocycles. The van der Waals surface area contributed by atoms with Crippen molar-refractivity contribution in [2.45, 2.75) is 20.3 Å². The molecule has 0 atom stereocenters. The lowest BCUT2D eigenvalue weighted by molar-refractivity contribution is -0.116. The Morgan fingerprint density at radius 2 is 2.16 bits per heavy atom. The fourth-order valence-corrected chi connectivity index (χ4v) is 1.96. The Morgan fingerprint density at radius 1 is 1.37 bits per heavy atom. The lowest BCUT2D eigenvalue weighted by atomic mass is 10.2. The number of nitrogens with one attached hydrogen (secondary N) is 1. The standard InChI is InChI=1S/C14H18N4O/c1-10-8-11(2)18(17-10)13-5-3-4-12(9-13)16-14(19)6-7-15/h3-5,8-9H,6-7,15H2,1-2H3,(H,16,19). The van der Waals surface area contributed by atoms with Crippen LogP contribution in [0.1, 0.15) is 17.8 Å². The van der Waals surface area contributed by atoms with Gasteiger partial charge in [0.15, 0.2) is 0 Å². The molecular weight excluding hydrogens is 240 g/mol. The molecule has 3 N–H and O–H groups in total. The number of benzene rings is 1. The Bertz CT molecular complexity index is 589. The van der Waals surface area contributed by atoms with Crippen LogP contribution in [0.25, 0.3) is 5.69 Å². The molecule has 100 valence electrons. The first-order valence-corrected chi connectivity index (χ1v) is 6.24. The molecular formula is C14H18N4O. The van der Waals surface area contributed by atoms with E-state index in [1.807, 2.05) is 48.9 Å². The molecule has 0 radical (unpaired) electrons. The van der Waals surface area contributed by atoms with Crippen molar-refractivity contribution >= 4 is 11.6 Å². The zero-order chi connectivity index (χ0) is 13.8. The van der Waals surface area contributed by atoms with Crippen molar-refractivity contribution in [1.82, 2.24) is 9.78 Å². The number of aryl methyl sites for hydroxylation is 2. The van der Waals surface area contributed by atoms with Crippen molar-refractivity contribution in [2.24, 2.45) is 5.73 Å². The summed E-state index contributed by atoms with van der Waals surface area (Å²) in [4.78, 5) is 11.5. The van der Waals surface area contributed by atoms with E-state index in [9.17, 15) is 4.79 Å². The molecule has 5 heteroatoms. The van der Waals surface area contributed by atoms with E-state index in [1.165, 1.54) is 0 Å². The Labute approximate surface area is 112 Å². The van der Waals surface area contributed by atoms with Gasteiger partial charge in [-0.2, -0.15) is 5.10 Å². The van der Waals surface area contributed by atoms with Gasteiger partial charge in [0.2, 0.25) is 5.91 Å². The third kappa shape index (κ3) is 3.20. The smallest absolute Gasteiger partial charge is 0.225 e. The predicted molar refractivity (Wildman–Crippen MR) is 75.3 cm³/mol. The molecule has 0 aliphatic carbocycles. The van der Waals surface area contributed by atoms with Gasteiger partial charge in [0.25, 0.3) is 0 Å². The predicted octanol–water partition coefficient (Wildman–Crippen LogP) is 1.78. The number of carbonyl (C=O) groups excluding carboxylic acids is 1. The van der Waals surface area contributed by atoms with E-state index in [2.05, 4.69) is 10.4 Å². The van der Waals surface area contributed by atoms with Crippen molar-refractivity contribution in [3.8, 4) is 5.69 Å². The summed E-state index contributed by atoms with van der Waals surface area (Å²) in [5.41, 5.74) is 9.06. The zero-order valence-corrected chi connectivity index (χ0v) is 11.2. The number of hydrogen-bond donors (Lipinski definition) is 2. The van der Waals surface area contributed by atoms with Crippen molar-refractivity contribution in [2.75, 3.05) is 11.9 Å². The molecule has 1 aromatic heterocycles. The average molecular weight is 258 g/mol. The number of nitrogens with two attached hydrogens (primary N) is 1. The van der Waals surface area contributed by atoms with Gasteiger partial charge in [-0.15, -0.1) is 0 Å². The Kier molecular flexibility index (Phi) is 3.97. The normalized spacial score (nSPS) is 10.5. The number of anilines is 1. The molecule has 1 amide bonds. The van der Waals surface area contributed by atoms with Gasteiger partial charge in [-0.3, -0.25) is 4.79 Å². The number of nitrogens with zero attached hydrogens (tertiary/aromatic N) is 2. The summed E-state index contributed by atoms with van der Waals surface area (Å²) in [6, 6.07) is 9.61. The van der Waals surface area contributed by atoms with Gasteiger partial charge < -0.3 is 11.1 Å². The molecule has 0 aliphatic heterocycles. The Morgan fingerprint density at radius 3 is 2.79 bits per heavy atom. The van der Waals surface area contributed by atoms with Gasteiger partial charge in [-0.1, -0.05) is 6.07 Å². The minimum atomic E-state index is -0.0759. The molecule has 0 unspecified atom stereocenters. The highest BCUT2D eigenvalue weighted by Crippen LogP contribution is 2.16. The third-order valence-corrected chi connectivity index (χ3v) is 2.76. The SMILES string of the molecule is Cc1cc(C)n(-c2cccc(NC(=O)CCN)c2)n1. The van der Waals surface area contributed by atoms with Crippen LogP contribution >= 0.6 is 0 Å². The molecule has 1 heterocycles. The van der Waals surface area contributed by atoms with Crippen LogP contribution in [0.4, 0.5) is 5.69 Å². The van der Waals surface area contributed by atoms with E-state index in [1.54, 1.807) is 0 Å². The van der Waals surface area contributed by atoms with Gasteiger partial charge in [-0.05, 0) is 38.1 Å². The van der Waals surface area contributed by atoms with Crippen LogP contribution in [0.2, 0.25) is 0 Å². The van der Waals surface area contributed by atoms with Crippen LogP contribution in [0.15, 0.2) is 30.3 Å². The van der Waals surface area contributed by atoms with Crippen LogP contribution in [0, 0.1) is 13.8 Å². The quantitative estimate of drug-likeness (QED) is 0.878. The van der Waals surface area contributed by atoms with E-state index >= 15 is 0 Å². The second-order valence-electron chi connectivity index (χ2n) is 4.48. The van der Waals surface area contributed by atoms with E-state index < -0.39 is 0 Å². The fourth-order valence-electron chi connectivity index (χ4n) is 1.96. The molecule has 5 nitrogen and oxygen atoms in total. The molecule has 0 aliphatic rings. The van der Waals surface area contributed by atoms with Crippen LogP contribution in [0.3, 0.4) is 0 Å². The van der Waals surface area contributed by atoms with E-state index in [0.717, 1.165) is 22.8 Å². The minimum absolute atomic E-state index is 0.0759. The summed E-state index contributed by atoms with van der Waals surface area (Å²) >= 11 is 0. The zero-order valence-electron chi connectivity index (χ0n) is 11.2. The van der Waals surface area contributed by atoms with E-state index in [4.69, 9.17) is 5.73 Å². The summed E-state index contributed by atoms with van der Waals surface area (Å²) in [5.74, 6) is -0.0759. The van der Waals surface area contributed by atoms with Crippen LogP contribution in [-0.2, 0) is 4.79 Å². The molecule has 0 fully saturated rings. The first-order valence-electron chi connectivity index (χ1n) is 6.24. The second kappa shape index (κ2) is 5.67. The van der Waals surface area contributed by atoms with Gasteiger partial charge >= 0.3 is 0 Å². The number of aromatic nitrogens is 2. The molecule has 2 aromatic rings. The fraction of sp³-hybridized carbons (Fsp3) is 0.286. The monoisotopic (exact) mass is 258 g/mol. The summed E-state index contributed by atoms with van der Waals surface area (Å²) in [7, 11) is 0. The summed E-state index contributed by atoms with van der Waals surface area (Å²) in [5, 5.41) is 7.24. The lowest BCUT2D eigenvalue weighted by Gasteiger charge is -2.08. The van der Waals surface area contributed by atoms with Crippen LogP contribution in [0.5, 0.6) is 0 Å². The van der Waals surface area contributed by atoms with Crippen LogP contribution < -0.4 is 11.1 Å². The molecule has 2 rings (SSSR count). The maximum Gasteiger partial charge on any atom is 0.225 e. The van der Waals surface area contributed by atoms with E-state index in [-0.39, 0.29) is 5.91 Å². The minimum Gasteiger partial charge on any atom is -0.330 e. The molecule has 0 saturated carbocycles. The maximum absolute atomic E-state index is 11.5.